The third kappa shape index (κ3) is 3.58. The van der Waals surface area contributed by atoms with Gasteiger partial charge >= 0.3 is 0 Å². The Morgan fingerprint density at radius 1 is 1.12 bits per heavy atom. The van der Waals surface area contributed by atoms with E-state index in [0.717, 1.165) is 11.1 Å². The number of rotatable bonds is 6. The highest BCUT2D eigenvalue weighted by Crippen LogP contribution is 2.34. The van der Waals surface area contributed by atoms with E-state index >= 15 is 0 Å². The van der Waals surface area contributed by atoms with Crippen molar-refractivity contribution in [1.82, 2.24) is 29.7 Å². The number of imidazole rings is 1. The van der Waals surface area contributed by atoms with Crippen molar-refractivity contribution in [2.75, 3.05) is 6.61 Å². The normalized spacial score (nSPS) is 23.2. The number of benzene rings is 1. The van der Waals surface area contributed by atoms with Gasteiger partial charge in [0.05, 0.1) is 19.5 Å². The lowest BCUT2D eigenvalue weighted by molar-refractivity contribution is -0.0761. The first-order valence-corrected chi connectivity index (χ1v) is 9.87. The fraction of sp³-hybridized carbons (Fsp3) is 0.350. The molecule has 4 atom stereocenters. The standard InChI is InChI=1S/C20H20N6O6/c1-10-24-25-19(31-10)12-4-2-11(3-5-12)7-30-16-15(28)13(6-27)32-20(16)26-9-23-14-17(26)21-8-22-18(14)29/h2-5,8-9,13,15-16,20,27-28H,6-7H2,1H3,(H,21,22,29)/t13-,15-,16-,20-/m1/s1. The van der Waals surface area contributed by atoms with Crippen molar-refractivity contribution < 1.29 is 29.2 Å². The van der Waals surface area contributed by atoms with Gasteiger partial charge in [-0.05, 0) is 17.7 Å². The molecule has 1 saturated heterocycles. The molecule has 5 rings (SSSR count). The van der Waals surface area contributed by atoms with Gasteiger partial charge in [-0.25, -0.2) is 9.97 Å². The molecule has 4 aromatic rings. The summed E-state index contributed by atoms with van der Waals surface area (Å²) < 4.78 is 18.8. The van der Waals surface area contributed by atoms with Crippen molar-refractivity contribution in [2.45, 2.75) is 38.1 Å². The smallest absolute Gasteiger partial charge is 0.247 e. The van der Waals surface area contributed by atoms with Gasteiger partial charge in [-0.1, -0.05) is 12.1 Å². The number of aromatic nitrogens is 6. The summed E-state index contributed by atoms with van der Waals surface area (Å²) in [6, 6.07) is 7.38. The van der Waals surface area contributed by atoms with Crippen molar-refractivity contribution in [3.05, 3.63) is 48.4 Å². The lowest BCUT2D eigenvalue weighted by Crippen LogP contribution is -2.35. The highest BCUT2D eigenvalue weighted by atomic mass is 16.6. The number of aromatic hydroxyl groups is 1. The first kappa shape index (κ1) is 20.5. The van der Waals surface area contributed by atoms with Crippen molar-refractivity contribution in [3.8, 4) is 17.3 Å². The predicted molar refractivity (Wildman–Crippen MR) is 107 cm³/mol. The molecule has 1 aliphatic rings. The monoisotopic (exact) mass is 440 g/mol. The van der Waals surface area contributed by atoms with E-state index in [2.05, 4.69) is 25.1 Å². The lowest BCUT2D eigenvalue weighted by Gasteiger charge is -2.22. The summed E-state index contributed by atoms with van der Waals surface area (Å²) in [5.41, 5.74) is 2.14. The van der Waals surface area contributed by atoms with Gasteiger partial charge in [-0.15, -0.1) is 10.2 Å². The highest BCUT2D eigenvalue weighted by Gasteiger charge is 2.46. The van der Waals surface area contributed by atoms with E-state index < -0.39 is 24.5 Å². The summed E-state index contributed by atoms with van der Waals surface area (Å²) in [5.74, 6) is 0.649. The second-order valence-electron chi connectivity index (χ2n) is 7.36. The van der Waals surface area contributed by atoms with Gasteiger partial charge in [-0.3, -0.25) is 4.57 Å². The number of ether oxygens (including phenoxy) is 2. The lowest BCUT2D eigenvalue weighted by atomic mass is 10.1. The summed E-state index contributed by atoms with van der Waals surface area (Å²) in [7, 11) is 0. The molecule has 32 heavy (non-hydrogen) atoms. The maximum Gasteiger partial charge on any atom is 0.247 e. The Kier molecular flexibility index (Phi) is 5.27. The van der Waals surface area contributed by atoms with E-state index in [1.165, 1.54) is 12.7 Å². The van der Waals surface area contributed by atoms with Crippen molar-refractivity contribution in [2.24, 2.45) is 0 Å². The van der Waals surface area contributed by atoms with Crippen LogP contribution in [0.5, 0.6) is 5.88 Å². The Hall–Kier alpha value is -3.45. The zero-order valence-corrected chi connectivity index (χ0v) is 16.9. The van der Waals surface area contributed by atoms with Crippen molar-refractivity contribution in [3.63, 3.8) is 0 Å². The molecule has 3 N–H and O–H groups in total. The Morgan fingerprint density at radius 3 is 2.66 bits per heavy atom. The Morgan fingerprint density at radius 2 is 1.94 bits per heavy atom. The van der Waals surface area contributed by atoms with Crippen LogP contribution in [-0.4, -0.2) is 70.0 Å². The number of aliphatic hydroxyl groups excluding tert-OH is 2. The first-order chi connectivity index (χ1) is 15.5. The molecule has 0 unspecified atom stereocenters. The molecule has 1 fully saturated rings. The fourth-order valence-electron chi connectivity index (χ4n) is 3.65. The predicted octanol–water partition coefficient (Wildman–Crippen LogP) is 0.726. The molecule has 1 aromatic carbocycles. The minimum Gasteiger partial charge on any atom is -0.492 e. The molecular weight excluding hydrogens is 420 g/mol. The Bertz CT molecular complexity index is 1230. The van der Waals surface area contributed by atoms with Crippen LogP contribution < -0.4 is 0 Å². The van der Waals surface area contributed by atoms with Crippen molar-refractivity contribution >= 4 is 11.2 Å². The Balaban J connectivity index is 1.36. The minimum atomic E-state index is -1.08. The average Bonchev–Trinajstić information content (AvgIpc) is 3.50. The molecule has 0 saturated carbocycles. The summed E-state index contributed by atoms with van der Waals surface area (Å²) in [4.78, 5) is 12.0. The number of nitrogens with zero attached hydrogens (tertiary/aromatic N) is 6. The summed E-state index contributed by atoms with van der Waals surface area (Å²) in [6.45, 7) is 1.51. The number of hydrogen-bond acceptors (Lipinski definition) is 11. The molecular formula is C20H20N6O6. The number of aryl methyl sites for hydroxylation is 1. The van der Waals surface area contributed by atoms with Gasteiger partial charge < -0.3 is 29.2 Å². The second-order valence-corrected chi connectivity index (χ2v) is 7.36. The van der Waals surface area contributed by atoms with Gasteiger partial charge in [0.15, 0.2) is 17.4 Å². The molecule has 0 amide bonds. The molecule has 0 radical (unpaired) electrons. The number of fused-ring (bicyclic) bond motifs is 1. The maximum atomic E-state index is 10.7. The van der Waals surface area contributed by atoms with Crippen LogP contribution in [0.2, 0.25) is 0 Å². The van der Waals surface area contributed by atoms with Crippen LogP contribution in [0.1, 0.15) is 17.7 Å². The average molecular weight is 440 g/mol. The van der Waals surface area contributed by atoms with Crippen LogP contribution in [0.3, 0.4) is 0 Å². The SMILES string of the molecule is Cc1nnc(-c2ccc(CO[C@@H]3[C@H](O)[C@@H](CO)O[C@H]3n3cnc4c(O)ncnc43)cc2)o1. The van der Waals surface area contributed by atoms with Gasteiger partial charge in [0.2, 0.25) is 17.7 Å². The van der Waals surface area contributed by atoms with Gasteiger partial charge in [0, 0.05) is 12.5 Å². The van der Waals surface area contributed by atoms with Crippen LogP contribution in [0, 0.1) is 6.92 Å². The fourth-order valence-corrected chi connectivity index (χ4v) is 3.65. The zero-order valence-electron chi connectivity index (χ0n) is 16.9. The summed E-state index contributed by atoms with van der Waals surface area (Å²) >= 11 is 0. The molecule has 3 aromatic heterocycles. The Labute approximate surface area is 181 Å². The molecule has 0 bridgehead atoms. The van der Waals surface area contributed by atoms with Crippen LogP contribution in [0.15, 0.2) is 41.3 Å². The molecule has 4 heterocycles. The van der Waals surface area contributed by atoms with E-state index in [0.29, 0.717) is 17.4 Å². The third-order valence-corrected chi connectivity index (χ3v) is 5.28. The quantitative estimate of drug-likeness (QED) is 0.387. The van der Waals surface area contributed by atoms with E-state index in [1.807, 2.05) is 24.3 Å². The summed E-state index contributed by atoms with van der Waals surface area (Å²) in [6.07, 6.45) is -0.942. The molecule has 0 spiro atoms. The van der Waals surface area contributed by atoms with Gasteiger partial charge in [-0.2, -0.15) is 4.98 Å². The third-order valence-electron chi connectivity index (χ3n) is 5.28. The largest absolute Gasteiger partial charge is 0.492 e. The first-order valence-electron chi connectivity index (χ1n) is 9.87. The van der Waals surface area contributed by atoms with Crippen LogP contribution in [-0.2, 0) is 16.1 Å². The van der Waals surface area contributed by atoms with Crippen molar-refractivity contribution in [1.29, 1.82) is 0 Å². The van der Waals surface area contributed by atoms with Gasteiger partial charge in [0.1, 0.15) is 24.6 Å². The van der Waals surface area contributed by atoms with Gasteiger partial charge in [0.25, 0.3) is 0 Å². The second kappa shape index (κ2) is 8.24. The van der Waals surface area contributed by atoms with E-state index in [1.54, 1.807) is 11.5 Å². The number of hydrogen-bond donors (Lipinski definition) is 3. The molecule has 12 nitrogen and oxygen atoms in total. The van der Waals surface area contributed by atoms with Crippen LogP contribution >= 0.6 is 0 Å². The topological polar surface area (TPSA) is 162 Å². The van der Waals surface area contributed by atoms with E-state index in [9.17, 15) is 15.3 Å². The highest BCUT2D eigenvalue weighted by molar-refractivity contribution is 5.75. The van der Waals surface area contributed by atoms with Crippen LogP contribution in [0.25, 0.3) is 22.6 Å². The maximum absolute atomic E-state index is 10.7. The zero-order chi connectivity index (χ0) is 22.2. The van der Waals surface area contributed by atoms with E-state index in [4.69, 9.17) is 13.9 Å². The summed E-state index contributed by atoms with van der Waals surface area (Å²) in [5, 5.41) is 38.0. The van der Waals surface area contributed by atoms with Crippen LogP contribution in [0.4, 0.5) is 0 Å². The number of aliphatic hydroxyl groups is 2. The minimum absolute atomic E-state index is 0.176. The molecule has 12 heteroatoms. The molecule has 1 aliphatic heterocycles. The molecule has 166 valence electrons. The van der Waals surface area contributed by atoms with E-state index in [-0.39, 0.29) is 24.6 Å². The molecule has 0 aliphatic carbocycles.